The van der Waals surface area contributed by atoms with Gasteiger partial charge in [-0.1, -0.05) is 0 Å². The van der Waals surface area contributed by atoms with Gasteiger partial charge in [0.25, 0.3) is 0 Å². The Kier molecular flexibility index (Phi) is 4.50. The zero-order valence-corrected chi connectivity index (χ0v) is 15.9. The molecule has 2 atom stereocenters. The van der Waals surface area contributed by atoms with E-state index in [1.54, 1.807) is 18.5 Å². The number of hydrogen-bond acceptors (Lipinski definition) is 6. The monoisotopic (exact) mass is 416 g/mol. The SMILES string of the molecule is Oc1cc(C(F)(F)F)ccc1-c1nnc(NC2C3CCC2COC3)c2cnccc12. The van der Waals surface area contributed by atoms with Crippen molar-refractivity contribution in [2.24, 2.45) is 11.8 Å². The summed E-state index contributed by atoms with van der Waals surface area (Å²) in [5.41, 5.74) is -0.431. The molecule has 3 heterocycles. The van der Waals surface area contributed by atoms with Gasteiger partial charge in [-0.3, -0.25) is 4.98 Å². The first-order chi connectivity index (χ1) is 14.4. The van der Waals surface area contributed by atoms with Gasteiger partial charge in [0.1, 0.15) is 11.4 Å². The maximum absolute atomic E-state index is 12.9. The average molecular weight is 416 g/mol. The number of alkyl halides is 3. The van der Waals surface area contributed by atoms with Crippen LogP contribution in [-0.4, -0.2) is 39.5 Å². The van der Waals surface area contributed by atoms with Crippen molar-refractivity contribution < 1.29 is 23.0 Å². The summed E-state index contributed by atoms with van der Waals surface area (Å²) in [6, 6.07) is 4.81. The number of pyridine rings is 1. The van der Waals surface area contributed by atoms with Gasteiger partial charge in [-0.25, -0.2) is 0 Å². The molecule has 1 aromatic carbocycles. The third kappa shape index (κ3) is 3.23. The van der Waals surface area contributed by atoms with Crippen LogP contribution in [0.1, 0.15) is 18.4 Å². The Balaban J connectivity index is 1.55. The predicted octanol–water partition coefficient (Wildman–Crippen LogP) is 4.25. The third-order valence-electron chi connectivity index (χ3n) is 6.05. The van der Waals surface area contributed by atoms with Gasteiger partial charge < -0.3 is 15.2 Å². The van der Waals surface area contributed by atoms with E-state index in [9.17, 15) is 18.3 Å². The lowest BCUT2D eigenvalue weighted by molar-refractivity contribution is -0.137. The summed E-state index contributed by atoms with van der Waals surface area (Å²) in [5, 5.41) is 23.7. The molecule has 3 aromatic rings. The van der Waals surface area contributed by atoms with Crippen LogP contribution in [-0.2, 0) is 10.9 Å². The van der Waals surface area contributed by atoms with Crippen molar-refractivity contribution in [1.82, 2.24) is 15.2 Å². The third-order valence-corrected chi connectivity index (χ3v) is 6.05. The highest BCUT2D eigenvalue weighted by molar-refractivity contribution is 6.00. The van der Waals surface area contributed by atoms with Crippen molar-refractivity contribution in [3.8, 4) is 17.0 Å². The van der Waals surface area contributed by atoms with Gasteiger partial charge in [0.15, 0.2) is 5.82 Å². The first-order valence-corrected chi connectivity index (χ1v) is 9.77. The van der Waals surface area contributed by atoms with Crippen LogP contribution >= 0.6 is 0 Å². The van der Waals surface area contributed by atoms with E-state index >= 15 is 0 Å². The van der Waals surface area contributed by atoms with E-state index in [4.69, 9.17) is 4.74 Å². The van der Waals surface area contributed by atoms with Crippen LogP contribution in [0.15, 0.2) is 36.7 Å². The summed E-state index contributed by atoms with van der Waals surface area (Å²) in [6.07, 6.45) is 0.895. The highest BCUT2D eigenvalue weighted by Crippen LogP contribution is 2.40. The fourth-order valence-electron chi connectivity index (χ4n) is 4.52. The summed E-state index contributed by atoms with van der Waals surface area (Å²) in [6.45, 7) is 1.44. The van der Waals surface area contributed by atoms with Crippen LogP contribution < -0.4 is 5.32 Å². The van der Waals surface area contributed by atoms with Gasteiger partial charge in [0.05, 0.1) is 18.8 Å². The molecule has 6 nitrogen and oxygen atoms in total. The second kappa shape index (κ2) is 7.09. The minimum Gasteiger partial charge on any atom is -0.507 e. The molecule has 1 saturated heterocycles. The van der Waals surface area contributed by atoms with Crippen LogP contribution in [0.4, 0.5) is 19.0 Å². The van der Waals surface area contributed by atoms with Crippen molar-refractivity contribution in [3.63, 3.8) is 0 Å². The lowest BCUT2D eigenvalue weighted by atomic mass is 9.96. The van der Waals surface area contributed by atoms with Crippen LogP contribution in [0.3, 0.4) is 0 Å². The highest BCUT2D eigenvalue weighted by Gasteiger charge is 2.40. The summed E-state index contributed by atoms with van der Waals surface area (Å²) in [7, 11) is 0. The van der Waals surface area contributed by atoms with E-state index in [0.717, 1.165) is 32.1 Å². The van der Waals surface area contributed by atoms with Gasteiger partial charge in [-0.15, -0.1) is 10.2 Å². The van der Waals surface area contributed by atoms with Crippen molar-refractivity contribution in [3.05, 3.63) is 42.2 Å². The lowest BCUT2D eigenvalue weighted by Gasteiger charge is -2.31. The maximum Gasteiger partial charge on any atom is 0.416 e. The zero-order valence-electron chi connectivity index (χ0n) is 15.9. The fraction of sp³-hybridized carbons (Fsp3) is 0.381. The molecule has 0 amide bonds. The number of phenolic OH excluding ortho intramolecular Hbond substituents is 1. The minimum absolute atomic E-state index is 0.185. The van der Waals surface area contributed by atoms with Crippen LogP contribution in [0.2, 0.25) is 0 Å². The number of aromatic hydroxyl groups is 1. The molecular weight excluding hydrogens is 397 g/mol. The first kappa shape index (κ1) is 19.0. The van der Waals surface area contributed by atoms with Gasteiger partial charge in [0.2, 0.25) is 0 Å². The number of ether oxygens (including phenoxy) is 1. The molecule has 5 rings (SSSR count). The van der Waals surface area contributed by atoms with Crippen molar-refractivity contribution in [1.29, 1.82) is 0 Å². The highest BCUT2D eigenvalue weighted by atomic mass is 19.4. The van der Waals surface area contributed by atoms with Crippen LogP contribution in [0, 0.1) is 11.8 Å². The number of aromatic nitrogens is 3. The standard InChI is InChI=1S/C21H19F3N4O2/c22-21(23,24)13-3-4-15(17(29)7-13)19-14-5-6-25-8-16(14)20(28-27-19)26-18-11-1-2-12(18)10-30-9-11/h3-8,11-12,18,29H,1-2,9-10H2,(H,26,28). The van der Waals surface area contributed by atoms with Gasteiger partial charge >= 0.3 is 6.18 Å². The molecule has 2 N–H and O–H groups in total. The zero-order chi connectivity index (χ0) is 20.9. The van der Waals surface area contributed by atoms with E-state index in [0.29, 0.717) is 40.2 Å². The van der Waals surface area contributed by atoms with Gasteiger partial charge in [-0.05, 0) is 37.1 Å². The van der Waals surface area contributed by atoms with Gasteiger partial charge in [0, 0.05) is 46.6 Å². The first-order valence-electron chi connectivity index (χ1n) is 9.77. The second-order valence-corrected chi connectivity index (χ2v) is 7.85. The predicted molar refractivity (Wildman–Crippen MR) is 104 cm³/mol. The van der Waals surface area contributed by atoms with Crippen molar-refractivity contribution >= 4 is 16.6 Å². The Morgan fingerprint density at radius 2 is 1.80 bits per heavy atom. The molecule has 1 aliphatic carbocycles. The Morgan fingerprint density at radius 1 is 1.03 bits per heavy atom. The number of nitrogens with one attached hydrogen (secondary N) is 1. The molecule has 1 aliphatic heterocycles. The number of phenols is 1. The van der Waals surface area contributed by atoms with E-state index in [1.165, 1.54) is 6.07 Å². The van der Waals surface area contributed by atoms with Crippen molar-refractivity contribution in [2.45, 2.75) is 25.1 Å². The normalized spacial score (nSPS) is 23.6. The molecule has 156 valence electrons. The van der Waals surface area contributed by atoms with E-state index in [1.807, 2.05) is 0 Å². The number of benzene rings is 1. The summed E-state index contributed by atoms with van der Waals surface area (Å²) in [5.74, 6) is 0.907. The molecule has 2 bridgehead atoms. The molecule has 0 spiro atoms. The average Bonchev–Trinajstić information content (AvgIpc) is 2.94. The number of fused-ring (bicyclic) bond motifs is 3. The van der Waals surface area contributed by atoms with Crippen LogP contribution in [0.25, 0.3) is 22.0 Å². The smallest absolute Gasteiger partial charge is 0.416 e. The van der Waals surface area contributed by atoms with E-state index in [2.05, 4.69) is 20.5 Å². The Hall–Kier alpha value is -2.94. The summed E-state index contributed by atoms with van der Waals surface area (Å²) < 4.78 is 44.4. The Morgan fingerprint density at radius 3 is 2.50 bits per heavy atom. The number of hydrogen-bond donors (Lipinski definition) is 2. The second-order valence-electron chi connectivity index (χ2n) is 7.85. The minimum atomic E-state index is -4.54. The number of halogens is 3. The van der Waals surface area contributed by atoms with E-state index < -0.39 is 17.5 Å². The molecule has 9 heteroatoms. The molecule has 2 fully saturated rings. The number of nitrogens with zero attached hydrogens (tertiary/aromatic N) is 3. The van der Waals surface area contributed by atoms with Crippen LogP contribution in [0.5, 0.6) is 5.75 Å². The largest absolute Gasteiger partial charge is 0.507 e. The lowest BCUT2D eigenvalue weighted by Crippen LogP contribution is -2.39. The summed E-state index contributed by atoms with van der Waals surface area (Å²) in [4.78, 5) is 4.18. The number of rotatable bonds is 3. The molecule has 2 aromatic heterocycles. The fourth-order valence-corrected chi connectivity index (χ4v) is 4.52. The molecular formula is C21H19F3N4O2. The molecule has 30 heavy (non-hydrogen) atoms. The molecule has 0 radical (unpaired) electrons. The van der Waals surface area contributed by atoms with E-state index in [-0.39, 0.29) is 11.6 Å². The maximum atomic E-state index is 12.9. The molecule has 2 aliphatic rings. The Labute approximate surface area is 170 Å². The van der Waals surface area contributed by atoms with Crippen molar-refractivity contribution in [2.75, 3.05) is 18.5 Å². The molecule has 2 unspecified atom stereocenters. The molecule has 1 saturated carbocycles. The van der Waals surface area contributed by atoms with Gasteiger partial charge in [-0.2, -0.15) is 13.2 Å². The number of anilines is 1. The summed E-state index contributed by atoms with van der Waals surface area (Å²) >= 11 is 0. The Bertz CT molecular complexity index is 1090. The quantitative estimate of drug-likeness (QED) is 0.664. The topological polar surface area (TPSA) is 80.2 Å².